The molecule has 1 atom stereocenters. The molecule has 25 heavy (non-hydrogen) atoms. The Balaban J connectivity index is 0.00000312. The second-order valence-corrected chi connectivity index (χ2v) is 6.40. The van der Waals surface area contributed by atoms with Gasteiger partial charge in [-0.3, -0.25) is 9.69 Å². The number of aliphatic imine (C=N–C) groups is 1. The standard InChI is InChI=1S/C18H29N5O.HI/c1-4-23-11-5-6-16(23)13-21-18(19)20-12-14-7-9-15(10-8-14)17(24)22(2)3;/h7-10,16H,4-6,11-13H2,1-3H3,(H3,19,20,21);1H. The highest BCUT2D eigenvalue weighted by Crippen LogP contribution is 2.15. The van der Waals surface area contributed by atoms with Crippen molar-refractivity contribution in [2.24, 2.45) is 10.7 Å². The summed E-state index contributed by atoms with van der Waals surface area (Å²) in [6.45, 7) is 5.82. The van der Waals surface area contributed by atoms with Crippen molar-refractivity contribution in [1.29, 1.82) is 0 Å². The minimum atomic E-state index is 0. The SMILES string of the molecule is CCN1CCCC1CNC(N)=NCc1ccc(C(=O)N(C)C)cc1.I. The number of carbonyl (C=O) groups is 1. The average molecular weight is 459 g/mol. The maximum atomic E-state index is 11.8. The molecule has 140 valence electrons. The molecule has 1 aliphatic rings. The zero-order valence-electron chi connectivity index (χ0n) is 15.4. The quantitative estimate of drug-likeness (QED) is 0.387. The van der Waals surface area contributed by atoms with Crippen molar-refractivity contribution in [2.45, 2.75) is 32.4 Å². The molecule has 1 fully saturated rings. The highest BCUT2D eigenvalue weighted by Gasteiger charge is 2.22. The molecular formula is C18H30IN5O. The Morgan fingerprint density at radius 2 is 2.04 bits per heavy atom. The van der Waals surface area contributed by atoms with E-state index >= 15 is 0 Å². The van der Waals surface area contributed by atoms with Crippen LogP contribution in [0, 0.1) is 0 Å². The van der Waals surface area contributed by atoms with E-state index in [4.69, 9.17) is 5.73 Å². The number of halogens is 1. The van der Waals surface area contributed by atoms with Crippen LogP contribution in [0.5, 0.6) is 0 Å². The number of amides is 1. The first-order valence-corrected chi connectivity index (χ1v) is 8.59. The molecule has 0 aromatic heterocycles. The number of nitrogens with one attached hydrogen (secondary N) is 1. The van der Waals surface area contributed by atoms with Crippen LogP contribution >= 0.6 is 24.0 Å². The van der Waals surface area contributed by atoms with Gasteiger partial charge in [0, 0.05) is 32.2 Å². The molecule has 1 saturated heterocycles. The number of likely N-dealkylation sites (tertiary alicyclic amines) is 1. The van der Waals surface area contributed by atoms with Crippen molar-refractivity contribution >= 4 is 35.8 Å². The summed E-state index contributed by atoms with van der Waals surface area (Å²) < 4.78 is 0. The van der Waals surface area contributed by atoms with Crippen LogP contribution in [-0.2, 0) is 6.54 Å². The molecule has 2 rings (SSSR count). The Bertz CT molecular complexity index is 573. The van der Waals surface area contributed by atoms with Gasteiger partial charge in [-0.05, 0) is 43.6 Å². The van der Waals surface area contributed by atoms with E-state index in [1.807, 2.05) is 24.3 Å². The Morgan fingerprint density at radius 1 is 1.36 bits per heavy atom. The lowest BCUT2D eigenvalue weighted by molar-refractivity contribution is 0.0827. The van der Waals surface area contributed by atoms with Crippen molar-refractivity contribution in [3.05, 3.63) is 35.4 Å². The van der Waals surface area contributed by atoms with Crippen LogP contribution in [0.1, 0.15) is 35.7 Å². The third kappa shape index (κ3) is 6.47. The number of nitrogens with two attached hydrogens (primary N) is 1. The molecule has 1 amide bonds. The summed E-state index contributed by atoms with van der Waals surface area (Å²) in [4.78, 5) is 20.3. The fourth-order valence-electron chi connectivity index (χ4n) is 3.01. The molecule has 0 saturated carbocycles. The first kappa shape index (κ1) is 21.7. The lowest BCUT2D eigenvalue weighted by Crippen LogP contribution is -2.42. The van der Waals surface area contributed by atoms with Crippen LogP contribution in [-0.4, -0.2) is 61.4 Å². The van der Waals surface area contributed by atoms with Gasteiger partial charge in [0.25, 0.3) is 5.91 Å². The molecule has 1 unspecified atom stereocenters. The van der Waals surface area contributed by atoms with E-state index in [0.717, 1.165) is 18.7 Å². The van der Waals surface area contributed by atoms with Crippen molar-refractivity contribution in [1.82, 2.24) is 15.1 Å². The first-order chi connectivity index (χ1) is 11.5. The first-order valence-electron chi connectivity index (χ1n) is 8.59. The fourth-order valence-corrected chi connectivity index (χ4v) is 3.01. The lowest BCUT2D eigenvalue weighted by Gasteiger charge is -2.23. The number of benzene rings is 1. The largest absolute Gasteiger partial charge is 0.370 e. The van der Waals surface area contributed by atoms with E-state index in [-0.39, 0.29) is 29.9 Å². The zero-order chi connectivity index (χ0) is 17.5. The Hall–Kier alpha value is -1.35. The van der Waals surface area contributed by atoms with Gasteiger partial charge in [-0.1, -0.05) is 19.1 Å². The zero-order valence-corrected chi connectivity index (χ0v) is 17.7. The van der Waals surface area contributed by atoms with E-state index in [1.54, 1.807) is 19.0 Å². The maximum absolute atomic E-state index is 11.8. The van der Waals surface area contributed by atoms with E-state index in [1.165, 1.54) is 19.4 Å². The number of carbonyl (C=O) groups excluding carboxylic acids is 1. The van der Waals surface area contributed by atoms with Crippen molar-refractivity contribution in [3.8, 4) is 0 Å². The Morgan fingerprint density at radius 3 is 2.64 bits per heavy atom. The summed E-state index contributed by atoms with van der Waals surface area (Å²) in [5, 5.41) is 3.23. The van der Waals surface area contributed by atoms with Gasteiger partial charge < -0.3 is 16.0 Å². The van der Waals surface area contributed by atoms with Crippen LogP contribution in [0.3, 0.4) is 0 Å². The van der Waals surface area contributed by atoms with Crippen molar-refractivity contribution < 1.29 is 4.79 Å². The van der Waals surface area contributed by atoms with E-state index in [9.17, 15) is 4.79 Å². The summed E-state index contributed by atoms with van der Waals surface area (Å²) >= 11 is 0. The number of hydrogen-bond donors (Lipinski definition) is 2. The van der Waals surface area contributed by atoms with Gasteiger partial charge in [0.05, 0.1) is 6.54 Å². The average Bonchev–Trinajstić information content (AvgIpc) is 3.05. The third-order valence-electron chi connectivity index (χ3n) is 4.46. The van der Waals surface area contributed by atoms with Gasteiger partial charge >= 0.3 is 0 Å². The lowest BCUT2D eigenvalue weighted by atomic mass is 10.1. The van der Waals surface area contributed by atoms with Crippen LogP contribution in [0.15, 0.2) is 29.3 Å². The van der Waals surface area contributed by atoms with E-state index in [0.29, 0.717) is 24.1 Å². The van der Waals surface area contributed by atoms with Crippen LogP contribution in [0.4, 0.5) is 0 Å². The topological polar surface area (TPSA) is 74.0 Å². The number of nitrogens with zero attached hydrogens (tertiary/aromatic N) is 3. The third-order valence-corrected chi connectivity index (χ3v) is 4.46. The molecule has 7 heteroatoms. The second kappa shape index (κ2) is 10.6. The van der Waals surface area contributed by atoms with Gasteiger partial charge in [0.1, 0.15) is 0 Å². The van der Waals surface area contributed by atoms with Crippen LogP contribution in [0.25, 0.3) is 0 Å². The second-order valence-electron chi connectivity index (χ2n) is 6.40. The summed E-state index contributed by atoms with van der Waals surface area (Å²) in [5.74, 6) is 0.481. The Kier molecular flexibility index (Phi) is 9.20. The van der Waals surface area contributed by atoms with Gasteiger partial charge in [-0.15, -0.1) is 24.0 Å². The molecule has 6 nitrogen and oxygen atoms in total. The van der Waals surface area contributed by atoms with E-state index < -0.39 is 0 Å². The fraction of sp³-hybridized carbons (Fsp3) is 0.556. The molecule has 3 N–H and O–H groups in total. The minimum Gasteiger partial charge on any atom is -0.370 e. The van der Waals surface area contributed by atoms with Crippen LogP contribution in [0.2, 0.25) is 0 Å². The number of rotatable bonds is 6. The molecular weight excluding hydrogens is 429 g/mol. The highest BCUT2D eigenvalue weighted by atomic mass is 127. The summed E-state index contributed by atoms with van der Waals surface area (Å²) in [6.07, 6.45) is 2.48. The normalized spacial score (nSPS) is 17.9. The smallest absolute Gasteiger partial charge is 0.253 e. The van der Waals surface area contributed by atoms with Gasteiger partial charge in [0.2, 0.25) is 0 Å². The highest BCUT2D eigenvalue weighted by molar-refractivity contribution is 14.0. The van der Waals surface area contributed by atoms with Gasteiger partial charge in [0.15, 0.2) is 5.96 Å². The van der Waals surface area contributed by atoms with E-state index in [2.05, 4.69) is 22.1 Å². The number of guanidine groups is 1. The monoisotopic (exact) mass is 459 g/mol. The van der Waals surface area contributed by atoms with Crippen molar-refractivity contribution in [2.75, 3.05) is 33.7 Å². The summed E-state index contributed by atoms with van der Waals surface area (Å²) in [7, 11) is 3.49. The molecule has 1 aromatic rings. The number of hydrogen-bond acceptors (Lipinski definition) is 3. The van der Waals surface area contributed by atoms with Gasteiger partial charge in [-0.2, -0.15) is 0 Å². The molecule has 1 heterocycles. The molecule has 1 aliphatic heterocycles. The van der Waals surface area contributed by atoms with Crippen LogP contribution < -0.4 is 11.1 Å². The Labute approximate surface area is 167 Å². The molecule has 1 aromatic carbocycles. The molecule has 0 bridgehead atoms. The number of likely N-dealkylation sites (N-methyl/N-ethyl adjacent to an activating group) is 1. The molecule has 0 spiro atoms. The molecule has 0 aliphatic carbocycles. The summed E-state index contributed by atoms with van der Waals surface area (Å²) in [5.41, 5.74) is 7.68. The molecule has 0 radical (unpaired) electrons. The van der Waals surface area contributed by atoms with Gasteiger partial charge in [-0.25, -0.2) is 4.99 Å². The van der Waals surface area contributed by atoms with Crippen molar-refractivity contribution in [3.63, 3.8) is 0 Å². The summed E-state index contributed by atoms with van der Waals surface area (Å²) in [6, 6.07) is 8.05. The minimum absolute atomic E-state index is 0. The predicted octanol–water partition coefficient (Wildman–Crippen LogP) is 1.90. The predicted molar refractivity (Wildman–Crippen MR) is 113 cm³/mol. The maximum Gasteiger partial charge on any atom is 0.253 e.